The van der Waals surface area contributed by atoms with Gasteiger partial charge in [-0.2, -0.15) is 13.2 Å². The van der Waals surface area contributed by atoms with Crippen molar-refractivity contribution in [1.82, 2.24) is 4.90 Å². The second-order valence-electron chi connectivity index (χ2n) is 4.06. The monoisotopic (exact) mass is 238 g/mol. The van der Waals surface area contributed by atoms with Crippen LogP contribution in [0.1, 0.15) is 0 Å². The van der Waals surface area contributed by atoms with E-state index in [-0.39, 0.29) is 12.1 Å². The molecule has 2 unspecified atom stereocenters. The highest BCUT2D eigenvalue weighted by Gasteiger charge is 2.39. The molecular weight excluding hydrogens is 229 g/mol. The molecule has 3 rings (SSSR count). The Morgan fingerprint density at radius 3 is 2.76 bits per heavy atom. The SMILES string of the molecule is FC(F)(F)C1=CC2C(C=C1)N=C1C=CC=CN12. The van der Waals surface area contributed by atoms with Crippen LogP contribution in [0.4, 0.5) is 13.2 Å². The Balaban J connectivity index is 1.96. The summed E-state index contributed by atoms with van der Waals surface area (Å²) in [6.07, 6.45) is 6.74. The molecule has 0 aromatic heterocycles. The van der Waals surface area contributed by atoms with Crippen molar-refractivity contribution in [3.05, 3.63) is 48.2 Å². The van der Waals surface area contributed by atoms with Crippen molar-refractivity contribution < 1.29 is 13.2 Å². The van der Waals surface area contributed by atoms with Crippen molar-refractivity contribution >= 4 is 5.84 Å². The number of fused-ring (bicyclic) bond motifs is 3. The van der Waals surface area contributed by atoms with Crippen LogP contribution in [0.15, 0.2) is 53.2 Å². The van der Waals surface area contributed by atoms with Crippen molar-refractivity contribution in [3.63, 3.8) is 0 Å². The van der Waals surface area contributed by atoms with Gasteiger partial charge in [0.25, 0.3) is 0 Å². The van der Waals surface area contributed by atoms with Crippen LogP contribution in [0.25, 0.3) is 0 Å². The van der Waals surface area contributed by atoms with Gasteiger partial charge in [0.05, 0.1) is 17.7 Å². The number of alkyl halides is 3. The highest BCUT2D eigenvalue weighted by molar-refractivity contribution is 5.97. The first-order chi connectivity index (χ1) is 8.05. The summed E-state index contributed by atoms with van der Waals surface area (Å²) in [6, 6.07) is -0.573. The second kappa shape index (κ2) is 3.35. The fraction of sp³-hybridized carbons (Fsp3) is 0.250. The van der Waals surface area contributed by atoms with Gasteiger partial charge in [0.1, 0.15) is 5.84 Å². The molecule has 3 aliphatic rings. The van der Waals surface area contributed by atoms with E-state index in [9.17, 15) is 13.2 Å². The number of halogens is 3. The molecule has 5 heteroatoms. The zero-order valence-electron chi connectivity index (χ0n) is 8.72. The van der Waals surface area contributed by atoms with Gasteiger partial charge < -0.3 is 4.90 Å². The quantitative estimate of drug-likeness (QED) is 0.633. The molecular formula is C12H9F3N2. The summed E-state index contributed by atoms with van der Waals surface area (Å²) in [5, 5.41) is 0. The van der Waals surface area contributed by atoms with Gasteiger partial charge in [-0.3, -0.25) is 4.99 Å². The van der Waals surface area contributed by atoms with Gasteiger partial charge >= 0.3 is 6.18 Å². The molecule has 0 aromatic rings. The van der Waals surface area contributed by atoms with E-state index >= 15 is 0 Å². The van der Waals surface area contributed by atoms with Gasteiger partial charge in [-0.25, -0.2) is 0 Å². The summed E-state index contributed by atoms with van der Waals surface area (Å²) < 4.78 is 37.8. The van der Waals surface area contributed by atoms with Crippen LogP contribution in [0.2, 0.25) is 0 Å². The van der Waals surface area contributed by atoms with Gasteiger partial charge in [-0.1, -0.05) is 18.2 Å². The molecule has 0 fully saturated rings. The summed E-state index contributed by atoms with van der Waals surface area (Å²) in [5.41, 5.74) is -0.599. The Morgan fingerprint density at radius 2 is 2.00 bits per heavy atom. The number of nitrogens with zero attached hydrogens (tertiary/aromatic N) is 2. The molecule has 2 heterocycles. The van der Waals surface area contributed by atoms with E-state index in [1.165, 1.54) is 12.2 Å². The first kappa shape index (κ1) is 10.4. The number of amidine groups is 1. The molecule has 2 atom stereocenters. The van der Waals surface area contributed by atoms with Gasteiger partial charge in [0, 0.05) is 6.20 Å². The van der Waals surface area contributed by atoms with E-state index in [0.29, 0.717) is 5.84 Å². The smallest absolute Gasteiger partial charge is 0.324 e. The number of allylic oxidation sites excluding steroid dienone is 4. The molecule has 0 N–H and O–H groups in total. The summed E-state index contributed by atoms with van der Waals surface area (Å²) >= 11 is 0. The first-order valence-electron chi connectivity index (χ1n) is 5.24. The maximum atomic E-state index is 12.6. The van der Waals surface area contributed by atoms with Crippen LogP contribution in [0.3, 0.4) is 0 Å². The van der Waals surface area contributed by atoms with Crippen LogP contribution in [0.5, 0.6) is 0 Å². The van der Waals surface area contributed by atoms with Crippen molar-refractivity contribution in [2.75, 3.05) is 0 Å². The molecule has 2 nitrogen and oxygen atoms in total. The highest BCUT2D eigenvalue weighted by atomic mass is 19.4. The fourth-order valence-electron chi connectivity index (χ4n) is 2.17. The Morgan fingerprint density at radius 1 is 1.18 bits per heavy atom. The third-order valence-electron chi connectivity index (χ3n) is 2.97. The molecule has 17 heavy (non-hydrogen) atoms. The largest absolute Gasteiger partial charge is 0.416 e. The predicted molar refractivity (Wildman–Crippen MR) is 58.4 cm³/mol. The van der Waals surface area contributed by atoms with Crippen LogP contribution in [0, 0.1) is 0 Å². The molecule has 0 saturated heterocycles. The highest BCUT2D eigenvalue weighted by Crippen LogP contribution is 2.34. The average molecular weight is 238 g/mol. The van der Waals surface area contributed by atoms with Crippen molar-refractivity contribution in [3.8, 4) is 0 Å². The molecule has 0 saturated carbocycles. The Labute approximate surface area is 96.1 Å². The zero-order chi connectivity index (χ0) is 12.0. The first-order valence-corrected chi connectivity index (χ1v) is 5.24. The minimum atomic E-state index is -4.29. The summed E-state index contributed by atoms with van der Waals surface area (Å²) in [6.45, 7) is 0. The van der Waals surface area contributed by atoms with E-state index < -0.39 is 11.7 Å². The third kappa shape index (κ3) is 1.62. The third-order valence-corrected chi connectivity index (χ3v) is 2.97. The summed E-state index contributed by atoms with van der Waals surface area (Å²) in [5.74, 6) is 0.715. The van der Waals surface area contributed by atoms with E-state index in [0.717, 1.165) is 6.08 Å². The molecule has 1 aliphatic carbocycles. The summed E-state index contributed by atoms with van der Waals surface area (Å²) in [4.78, 5) is 6.12. The normalized spacial score (nSPS) is 29.9. The number of hydrogen-bond donors (Lipinski definition) is 0. The molecule has 88 valence electrons. The minimum Gasteiger partial charge on any atom is -0.324 e. The minimum absolute atomic E-state index is 0.219. The molecule has 0 bridgehead atoms. The van der Waals surface area contributed by atoms with E-state index in [1.807, 2.05) is 6.08 Å². The molecule has 2 aliphatic heterocycles. The van der Waals surface area contributed by atoms with Gasteiger partial charge in [0.2, 0.25) is 0 Å². The maximum absolute atomic E-state index is 12.6. The lowest BCUT2D eigenvalue weighted by Gasteiger charge is -2.27. The average Bonchev–Trinajstić information content (AvgIpc) is 2.65. The fourth-order valence-corrected chi connectivity index (χ4v) is 2.17. The maximum Gasteiger partial charge on any atom is 0.416 e. The lowest BCUT2D eigenvalue weighted by atomic mass is 9.98. The standard InChI is InChI=1S/C12H9F3N2/c13-12(14,15)8-4-5-9-10(7-8)17-6-2-1-3-11(17)16-9/h1-7,9-10H. The van der Waals surface area contributed by atoms with Crippen molar-refractivity contribution in [2.24, 2.45) is 4.99 Å². The van der Waals surface area contributed by atoms with Gasteiger partial charge in [-0.05, 0) is 18.2 Å². The Bertz CT molecular complexity index is 494. The van der Waals surface area contributed by atoms with E-state index in [1.54, 1.807) is 23.3 Å². The number of aliphatic imine (C=N–C) groups is 1. The van der Waals surface area contributed by atoms with Crippen molar-refractivity contribution in [1.29, 1.82) is 0 Å². The van der Waals surface area contributed by atoms with Crippen LogP contribution >= 0.6 is 0 Å². The zero-order valence-corrected chi connectivity index (χ0v) is 8.72. The second-order valence-corrected chi connectivity index (χ2v) is 4.06. The molecule has 0 radical (unpaired) electrons. The lowest BCUT2D eigenvalue weighted by molar-refractivity contribution is -0.0889. The van der Waals surface area contributed by atoms with Gasteiger partial charge in [-0.15, -0.1) is 0 Å². The number of hydrogen-bond acceptors (Lipinski definition) is 2. The lowest BCUT2D eigenvalue weighted by Crippen LogP contribution is -2.36. The Hall–Kier alpha value is -1.78. The molecule has 0 aromatic carbocycles. The number of rotatable bonds is 0. The predicted octanol–water partition coefficient (Wildman–Crippen LogP) is 2.58. The van der Waals surface area contributed by atoms with Crippen LogP contribution < -0.4 is 0 Å². The summed E-state index contributed by atoms with van der Waals surface area (Å²) in [7, 11) is 0. The van der Waals surface area contributed by atoms with E-state index in [4.69, 9.17) is 0 Å². The molecule has 0 spiro atoms. The van der Waals surface area contributed by atoms with Crippen LogP contribution in [-0.4, -0.2) is 29.0 Å². The van der Waals surface area contributed by atoms with E-state index in [2.05, 4.69) is 4.99 Å². The Kier molecular flexibility index (Phi) is 2.05. The van der Waals surface area contributed by atoms with Gasteiger partial charge in [0.15, 0.2) is 0 Å². The topological polar surface area (TPSA) is 15.6 Å². The van der Waals surface area contributed by atoms with Crippen molar-refractivity contribution in [2.45, 2.75) is 18.3 Å². The van der Waals surface area contributed by atoms with Crippen LogP contribution in [-0.2, 0) is 0 Å². The molecule has 0 amide bonds.